The Hall–Kier alpha value is -1.22. The first-order valence-corrected chi connectivity index (χ1v) is 7.17. The predicted molar refractivity (Wildman–Crippen MR) is 76.8 cm³/mol. The molecule has 0 aliphatic rings. The summed E-state index contributed by atoms with van der Waals surface area (Å²) < 4.78 is 5.05. The average Bonchev–Trinajstić information content (AvgIpc) is 2.38. The van der Waals surface area contributed by atoms with Crippen LogP contribution < -0.4 is 0 Å². The molecular weight excluding hydrogens is 244 g/mol. The third kappa shape index (κ3) is 6.50. The van der Waals surface area contributed by atoms with Crippen LogP contribution in [0, 0.1) is 0 Å². The summed E-state index contributed by atoms with van der Waals surface area (Å²) in [6, 6.07) is 10.1. The minimum atomic E-state index is -0.246. The molecular formula is C15H20O2S. The van der Waals surface area contributed by atoms with E-state index in [-0.39, 0.29) is 11.2 Å². The van der Waals surface area contributed by atoms with E-state index in [9.17, 15) is 4.79 Å². The lowest BCUT2D eigenvalue weighted by atomic mass is 10.3. The molecule has 0 amide bonds. The van der Waals surface area contributed by atoms with E-state index in [1.54, 1.807) is 11.8 Å². The second-order valence-electron chi connectivity index (χ2n) is 4.02. The van der Waals surface area contributed by atoms with Gasteiger partial charge in [-0.1, -0.05) is 37.6 Å². The highest BCUT2D eigenvalue weighted by Crippen LogP contribution is 2.23. The normalized spacial score (nSPS) is 12.6. The van der Waals surface area contributed by atoms with Crippen LogP contribution in [0.15, 0.2) is 47.4 Å². The zero-order chi connectivity index (χ0) is 13.2. The molecule has 1 rings (SSSR count). The van der Waals surface area contributed by atoms with Crippen molar-refractivity contribution in [3.63, 3.8) is 0 Å². The highest BCUT2D eigenvalue weighted by atomic mass is 32.2. The first kappa shape index (κ1) is 14.8. The van der Waals surface area contributed by atoms with Crippen LogP contribution in [-0.2, 0) is 9.53 Å². The van der Waals surface area contributed by atoms with Crippen LogP contribution in [0.2, 0.25) is 0 Å². The van der Waals surface area contributed by atoms with Gasteiger partial charge in [0.1, 0.15) is 0 Å². The van der Waals surface area contributed by atoms with Crippen LogP contribution in [0.5, 0.6) is 0 Å². The summed E-state index contributed by atoms with van der Waals surface area (Å²) in [5, 5.41) is 0.256. The van der Waals surface area contributed by atoms with Gasteiger partial charge in [-0.2, -0.15) is 0 Å². The van der Waals surface area contributed by atoms with E-state index in [2.05, 4.69) is 26.0 Å². The van der Waals surface area contributed by atoms with Crippen molar-refractivity contribution in [2.75, 3.05) is 6.61 Å². The number of esters is 1. The second-order valence-corrected chi connectivity index (χ2v) is 5.47. The van der Waals surface area contributed by atoms with E-state index >= 15 is 0 Å². The van der Waals surface area contributed by atoms with Crippen molar-refractivity contribution in [2.45, 2.75) is 36.8 Å². The molecule has 0 spiro atoms. The fourth-order valence-electron chi connectivity index (χ4n) is 1.33. The van der Waals surface area contributed by atoms with Crippen molar-refractivity contribution in [3.8, 4) is 0 Å². The lowest BCUT2D eigenvalue weighted by Crippen LogP contribution is -2.03. The van der Waals surface area contributed by atoms with Gasteiger partial charge in [0.2, 0.25) is 0 Å². The molecule has 18 heavy (non-hydrogen) atoms. The quantitative estimate of drug-likeness (QED) is 0.321. The molecule has 3 heteroatoms. The van der Waals surface area contributed by atoms with Crippen molar-refractivity contribution in [2.24, 2.45) is 0 Å². The Morgan fingerprint density at radius 2 is 2.11 bits per heavy atom. The molecule has 0 saturated carbocycles. The van der Waals surface area contributed by atoms with Crippen LogP contribution in [0.4, 0.5) is 0 Å². The maximum absolute atomic E-state index is 11.4. The number of ether oxygens (including phenoxy) is 1. The molecule has 0 fully saturated rings. The molecule has 0 saturated heterocycles. The molecule has 0 aliphatic carbocycles. The molecule has 0 radical (unpaired) electrons. The number of hydrogen-bond acceptors (Lipinski definition) is 3. The van der Waals surface area contributed by atoms with Gasteiger partial charge < -0.3 is 4.74 Å². The van der Waals surface area contributed by atoms with Crippen LogP contribution in [0.3, 0.4) is 0 Å². The monoisotopic (exact) mass is 264 g/mol. The maximum atomic E-state index is 11.4. The van der Waals surface area contributed by atoms with Gasteiger partial charge in [-0.25, -0.2) is 4.79 Å². The fourth-order valence-corrected chi connectivity index (χ4v) is 2.23. The van der Waals surface area contributed by atoms with Gasteiger partial charge in [-0.15, -0.1) is 11.8 Å². The van der Waals surface area contributed by atoms with Crippen LogP contribution in [-0.4, -0.2) is 17.8 Å². The molecule has 1 aromatic carbocycles. The van der Waals surface area contributed by atoms with Crippen molar-refractivity contribution in [1.82, 2.24) is 0 Å². The van der Waals surface area contributed by atoms with Gasteiger partial charge in [-0.05, 0) is 25.5 Å². The van der Waals surface area contributed by atoms with Crippen LogP contribution in [0.25, 0.3) is 0 Å². The molecule has 1 aromatic rings. The number of rotatable bonds is 7. The molecule has 0 N–H and O–H groups in total. The molecule has 98 valence electrons. The summed E-state index contributed by atoms with van der Waals surface area (Å²) >= 11 is 1.72. The molecule has 0 aliphatic heterocycles. The third-order valence-electron chi connectivity index (χ3n) is 2.31. The zero-order valence-electron chi connectivity index (χ0n) is 11.0. The number of thioether (sulfide) groups is 1. The van der Waals surface area contributed by atoms with Crippen LogP contribution in [0.1, 0.15) is 26.7 Å². The number of unbranched alkanes of at least 4 members (excludes halogenated alkanes) is 1. The number of carbonyl (C=O) groups is 1. The van der Waals surface area contributed by atoms with E-state index in [0.29, 0.717) is 6.61 Å². The topological polar surface area (TPSA) is 26.3 Å². The Morgan fingerprint density at radius 3 is 2.78 bits per heavy atom. The largest absolute Gasteiger partial charge is 0.463 e. The minimum Gasteiger partial charge on any atom is -0.463 e. The highest BCUT2D eigenvalue weighted by Gasteiger charge is 2.01. The minimum absolute atomic E-state index is 0.246. The molecule has 1 atom stereocenters. The first-order valence-electron chi connectivity index (χ1n) is 6.29. The maximum Gasteiger partial charge on any atom is 0.330 e. The third-order valence-corrected chi connectivity index (χ3v) is 3.38. The van der Waals surface area contributed by atoms with E-state index in [1.165, 1.54) is 11.0 Å². The van der Waals surface area contributed by atoms with Crippen molar-refractivity contribution < 1.29 is 9.53 Å². The standard InChI is InChI=1S/C15H20O2S/c1-3-4-12-17-15(16)11-10-13(2)18-14-8-6-5-7-9-14/h5-11,13H,3-4,12H2,1-2H3/b11-10+. The van der Waals surface area contributed by atoms with Gasteiger partial charge >= 0.3 is 5.97 Å². The number of carbonyl (C=O) groups excluding carboxylic acids is 1. The zero-order valence-corrected chi connectivity index (χ0v) is 11.8. The summed E-state index contributed by atoms with van der Waals surface area (Å²) in [5.41, 5.74) is 0. The Bertz CT molecular complexity index is 373. The lowest BCUT2D eigenvalue weighted by Gasteiger charge is -2.05. The second kappa shape index (κ2) is 8.81. The summed E-state index contributed by atoms with van der Waals surface area (Å²) in [5.74, 6) is -0.246. The van der Waals surface area contributed by atoms with Crippen molar-refractivity contribution >= 4 is 17.7 Å². The summed E-state index contributed by atoms with van der Waals surface area (Å²) in [6.45, 7) is 4.65. The smallest absolute Gasteiger partial charge is 0.330 e. The molecule has 0 bridgehead atoms. The first-order chi connectivity index (χ1) is 8.72. The molecule has 2 nitrogen and oxygen atoms in total. The van der Waals surface area contributed by atoms with Crippen molar-refractivity contribution in [3.05, 3.63) is 42.5 Å². The summed E-state index contributed by atoms with van der Waals surface area (Å²) in [7, 11) is 0. The van der Waals surface area contributed by atoms with E-state index < -0.39 is 0 Å². The SMILES string of the molecule is CCCCOC(=O)/C=C/C(C)Sc1ccccc1. The molecule has 1 unspecified atom stereocenters. The Balaban J connectivity index is 2.31. The van der Waals surface area contributed by atoms with Gasteiger partial charge in [0, 0.05) is 16.2 Å². The Morgan fingerprint density at radius 1 is 1.39 bits per heavy atom. The average molecular weight is 264 g/mol. The highest BCUT2D eigenvalue weighted by molar-refractivity contribution is 8.00. The molecule has 0 aromatic heterocycles. The number of benzene rings is 1. The predicted octanol–water partition coefficient (Wildman–Crippen LogP) is 4.07. The van der Waals surface area contributed by atoms with Gasteiger partial charge in [0.05, 0.1) is 6.61 Å². The fraction of sp³-hybridized carbons (Fsp3) is 0.400. The summed E-state index contributed by atoms with van der Waals surface area (Å²) in [4.78, 5) is 12.6. The van der Waals surface area contributed by atoms with Crippen molar-refractivity contribution in [1.29, 1.82) is 0 Å². The van der Waals surface area contributed by atoms with Gasteiger partial charge in [0.25, 0.3) is 0 Å². The lowest BCUT2D eigenvalue weighted by molar-refractivity contribution is -0.137. The molecule has 0 heterocycles. The van der Waals surface area contributed by atoms with Gasteiger partial charge in [-0.3, -0.25) is 0 Å². The summed E-state index contributed by atoms with van der Waals surface area (Å²) in [6.07, 6.45) is 5.37. The van der Waals surface area contributed by atoms with E-state index in [1.807, 2.05) is 24.3 Å². The van der Waals surface area contributed by atoms with Gasteiger partial charge in [0.15, 0.2) is 0 Å². The Kier molecular flexibility index (Phi) is 7.26. The number of hydrogen-bond donors (Lipinski definition) is 0. The van der Waals surface area contributed by atoms with Crippen LogP contribution >= 0.6 is 11.8 Å². The Labute approximate surface area is 113 Å². The van der Waals surface area contributed by atoms with E-state index in [4.69, 9.17) is 4.74 Å². The van der Waals surface area contributed by atoms with E-state index in [0.717, 1.165) is 12.8 Å².